The Labute approximate surface area is 213 Å². The third kappa shape index (κ3) is 4.70. The number of pyridine rings is 1. The number of aromatic nitrogens is 1. The molecule has 0 saturated heterocycles. The highest BCUT2D eigenvalue weighted by Gasteiger charge is 2.26. The molecule has 6 nitrogen and oxygen atoms in total. The molecule has 0 aliphatic carbocycles. The summed E-state index contributed by atoms with van der Waals surface area (Å²) >= 11 is 1.55. The zero-order chi connectivity index (χ0) is 25.2. The van der Waals surface area contributed by atoms with Gasteiger partial charge in [-0.2, -0.15) is 0 Å². The van der Waals surface area contributed by atoms with E-state index in [2.05, 4.69) is 36.2 Å². The third-order valence-corrected chi connectivity index (χ3v) is 6.85. The maximum absolute atomic E-state index is 12.8. The summed E-state index contributed by atoms with van der Waals surface area (Å²) < 4.78 is 16.2. The van der Waals surface area contributed by atoms with E-state index in [9.17, 15) is 4.79 Å². The minimum absolute atomic E-state index is 0.208. The Kier molecular flexibility index (Phi) is 6.48. The number of hydrogen-bond acceptors (Lipinski definition) is 7. The van der Waals surface area contributed by atoms with Crippen molar-refractivity contribution < 1.29 is 19.0 Å². The number of para-hydroxylation sites is 1. The van der Waals surface area contributed by atoms with E-state index < -0.39 is 5.97 Å². The molecule has 180 valence electrons. The Morgan fingerprint density at radius 1 is 0.917 bits per heavy atom. The molecule has 0 atom stereocenters. The van der Waals surface area contributed by atoms with Crippen LogP contribution in [0.5, 0.6) is 11.5 Å². The van der Waals surface area contributed by atoms with Gasteiger partial charge < -0.3 is 14.2 Å². The molecule has 0 saturated carbocycles. The third-order valence-electron chi connectivity index (χ3n) is 5.82. The number of aryl methyl sites for hydroxylation is 2. The van der Waals surface area contributed by atoms with Gasteiger partial charge in [-0.1, -0.05) is 47.7 Å². The lowest BCUT2D eigenvalue weighted by molar-refractivity contribution is -0.129. The predicted molar refractivity (Wildman–Crippen MR) is 142 cm³/mol. The number of nitrogens with zero attached hydrogens (tertiary/aromatic N) is 2. The van der Waals surface area contributed by atoms with Gasteiger partial charge in [0, 0.05) is 21.4 Å². The van der Waals surface area contributed by atoms with E-state index in [1.54, 1.807) is 50.3 Å². The van der Waals surface area contributed by atoms with E-state index >= 15 is 0 Å². The van der Waals surface area contributed by atoms with Crippen LogP contribution in [0.2, 0.25) is 0 Å². The molecule has 7 heteroatoms. The average Bonchev–Trinajstić information content (AvgIpc) is 3.25. The van der Waals surface area contributed by atoms with Gasteiger partial charge in [0.1, 0.15) is 5.03 Å². The van der Waals surface area contributed by atoms with Crippen LogP contribution in [0.25, 0.3) is 17.0 Å². The Balaban J connectivity index is 1.58. The molecule has 4 aromatic rings. The number of carbonyl (C=O) groups is 1. The number of aliphatic imine (C=N–C) groups is 1. The minimum atomic E-state index is -0.518. The second-order valence-electron chi connectivity index (χ2n) is 8.35. The molecule has 5 rings (SSSR count). The lowest BCUT2D eigenvalue weighted by atomic mass is 10.1. The lowest BCUT2D eigenvalue weighted by Gasteiger charge is -2.10. The van der Waals surface area contributed by atoms with Crippen LogP contribution in [0, 0.1) is 13.8 Å². The predicted octanol–water partition coefficient (Wildman–Crippen LogP) is 6.36. The summed E-state index contributed by atoms with van der Waals surface area (Å²) in [6, 6.07) is 21.6. The van der Waals surface area contributed by atoms with Crippen LogP contribution in [0.1, 0.15) is 22.3 Å². The highest BCUT2D eigenvalue weighted by Crippen LogP contribution is 2.34. The fourth-order valence-electron chi connectivity index (χ4n) is 3.90. The van der Waals surface area contributed by atoms with Crippen LogP contribution in [0.15, 0.2) is 87.3 Å². The Hall–Kier alpha value is -4.10. The monoisotopic (exact) mass is 496 g/mol. The van der Waals surface area contributed by atoms with Crippen molar-refractivity contribution in [2.24, 2.45) is 4.99 Å². The number of rotatable bonds is 6. The summed E-state index contributed by atoms with van der Waals surface area (Å²) in [6.45, 7) is 4.10. The zero-order valence-corrected chi connectivity index (χ0v) is 21.2. The van der Waals surface area contributed by atoms with Gasteiger partial charge in [-0.15, -0.1) is 0 Å². The van der Waals surface area contributed by atoms with Gasteiger partial charge >= 0.3 is 5.97 Å². The first-order valence-corrected chi connectivity index (χ1v) is 12.2. The molecule has 0 unspecified atom stereocenters. The second kappa shape index (κ2) is 9.87. The van der Waals surface area contributed by atoms with E-state index in [1.807, 2.05) is 31.2 Å². The molecule has 3 aromatic carbocycles. The van der Waals surface area contributed by atoms with Crippen molar-refractivity contribution in [3.05, 3.63) is 94.7 Å². The maximum atomic E-state index is 12.8. The highest BCUT2D eigenvalue weighted by atomic mass is 32.2. The smallest absolute Gasteiger partial charge is 0.363 e. The molecule has 1 aliphatic rings. The van der Waals surface area contributed by atoms with E-state index in [-0.39, 0.29) is 11.6 Å². The van der Waals surface area contributed by atoms with Gasteiger partial charge in [-0.25, -0.2) is 14.8 Å². The first-order chi connectivity index (χ1) is 17.4. The molecule has 0 N–H and O–H groups in total. The fraction of sp³-hybridized carbons (Fsp3) is 0.138. The second-order valence-corrected chi connectivity index (χ2v) is 9.41. The van der Waals surface area contributed by atoms with E-state index in [0.717, 1.165) is 32.0 Å². The van der Waals surface area contributed by atoms with Crippen LogP contribution in [-0.2, 0) is 9.53 Å². The molecule has 36 heavy (non-hydrogen) atoms. The highest BCUT2D eigenvalue weighted by molar-refractivity contribution is 7.99. The normalized spacial score (nSPS) is 14.2. The number of benzene rings is 3. The number of methoxy groups -OCH3 is 2. The zero-order valence-electron chi connectivity index (χ0n) is 20.4. The first-order valence-electron chi connectivity index (χ1n) is 11.3. The van der Waals surface area contributed by atoms with Gasteiger partial charge in [-0.05, 0) is 61.9 Å². The number of hydrogen-bond donors (Lipinski definition) is 0. The van der Waals surface area contributed by atoms with E-state index in [4.69, 9.17) is 19.2 Å². The molecule has 2 heterocycles. The standard InChI is InChI=1S/C29H24N2O4S/c1-17-8-11-22(12-9-17)36-28-21(14-19-7-5-6-18(2)26(19)31-28)15-23-29(32)35-27(30-23)20-10-13-24(33-3)25(16-20)34-4/h5-16H,1-4H3/b23-15+. The molecule has 0 amide bonds. The summed E-state index contributed by atoms with van der Waals surface area (Å²) in [7, 11) is 3.12. The van der Waals surface area contributed by atoms with Crippen molar-refractivity contribution >= 4 is 40.6 Å². The molecule has 1 aliphatic heterocycles. The summed E-state index contributed by atoms with van der Waals surface area (Å²) in [4.78, 5) is 23.3. The van der Waals surface area contributed by atoms with E-state index in [0.29, 0.717) is 17.1 Å². The van der Waals surface area contributed by atoms with Gasteiger partial charge in [0.15, 0.2) is 17.2 Å². The van der Waals surface area contributed by atoms with Crippen molar-refractivity contribution in [3.63, 3.8) is 0 Å². The van der Waals surface area contributed by atoms with Crippen molar-refractivity contribution in [2.75, 3.05) is 14.2 Å². The van der Waals surface area contributed by atoms with Gasteiger partial charge in [-0.3, -0.25) is 0 Å². The average molecular weight is 497 g/mol. The van der Waals surface area contributed by atoms with Crippen molar-refractivity contribution in [2.45, 2.75) is 23.8 Å². The quantitative estimate of drug-likeness (QED) is 0.228. The summed E-state index contributed by atoms with van der Waals surface area (Å²) in [6.07, 6.45) is 1.74. The molecular weight excluding hydrogens is 472 g/mol. The van der Waals surface area contributed by atoms with Crippen LogP contribution >= 0.6 is 11.8 Å². The van der Waals surface area contributed by atoms with Gasteiger partial charge in [0.25, 0.3) is 0 Å². The molecule has 0 fully saturated rings. The minimum Gasteiger partial charge on any atom is -0.493 e. The number of cyclic esters (lactones) is 1. The Morgan fingerprint density at radius 2 is 1.69 bits per heavy atom. The molecular formula is C29H24N2O4S. The van der Waals surface area contributed by atoms with Crippen molar-refractivity contribution in [3.8, 4) is 11.5 Å². The summed E-state index contributed by atoms with van der Waals surface area (Å²) in [5.74, 6) is 0.800. The Bertz CT molecular complexity index is 1540. The molecule has 0 radical (unpaired) electrons. The van der Waals surface area contributed by atoms with Crippen LogP contribution in [-0.4, -0.2) is 31.1 Å². The number of ether oxygens (including phenoxy) is 3. The summed E-state index contributed by atoms with van der Waals surface area (Å²) in [5, 5.41) is 1.78. The largest absolute Gasteiger partial charge is 0.493 e. The lowest BCUT2D eigenvalue weighted by Crippen LogP contribution is -2.06. The number of esters is 1. The van der Waals surface area contributed by atoms with Gasteiger partial charge in [0.05, 0.1) is 19.7 Å². The topological polar surface area (TPSA) is 70.0 Å². The molecule has 0 bridgehead atoms. The maximum Gasteiger partial charge on any atom is 0.363 e. The van der Waals surface area contributed by atoms with Crippen LogP contribution in [0.4, 0.5) is 0 Å². The SMILES string of the molecule is COc1ccc(C2=N/C(=C/c3cc4cccc(C)c4nc3Sc3ccc(C)cc3)C(=O)O2)cc1OC. The fourth-order valence-corrected chi connectivity index (χ4v) is 4.77. The van der Waals surface area contributed by atoms with Gasteiger partial charge in [0.2, 0.25) is 5.90 Å². The molecule has 0 spiro atoms. The van der Waals surface area contributed by atoms with Crippen molar-refractivity contribution in [1.29, 1.82) is 0 Å². The Morgan fingerprint density at radius 3 is 2.44 bits per heavy atom. The van der Waals surface area contributed by atoms with E-state index in [1.165, 1.54) is 5.56 Å². The van der Waals surface area contributed by atoms with Crippen molar-refractivity contribution in [1.82, 2.24) is 4.98 Å². The number of carbonyl (C=O) groups excluding carboxylic acids is 1. The van der Waals surface area contributed by atoms with Crippen LogP contribution < -0.4 is 9.47 Å². The first kappa shape index (κ1) is 23.6. The summed E-state index contributed by atoms with van der Waals surface area (Å²) in [5.41, 5.74) is 4.83. The number of fused-ring (bicyclic) bond motifs is 1. The van der Waals surface area contributed by atoms with Crippen LogP contribution in [0.3, 0.4) is 0 Å². The molecule has 1 aromatic heterocycles.